The van der Waals surface area contributed by atoms with Gasteiger partial charge in [0, 0.05) is 6.72 Å². The summed E-state index contributed by atoms with van der Waals surface area (Å²) in [6, 6.07) is 0. The summed E-state index contributed by atoms with van der Waals surface area (Å²) >= 11 is 0. The molecule has 0 atom stereocenters. The summed E-state index contributed by atoms with van der Waals surface area (Å²) in [5.74, 6) is 0. The number of nitrogens with two attached hydrogens (primary N) is 1. The van der Waals surface area contributed by atoms with Crippen molar-refractivity contribution in [2.24, 2.45) is 5.16 Å². The van der Waals surface area contributed by atoms with Gasteiger partial charge >= 0.3 is 0 Å². The first-order chi connectivity index (χ1) is 5.43. The van der Waals surface area contributed by atoms with E-state index in [4.69, 9.17) is 4.84 Å². The fourth-order valence-electron chi connectivity index (χ4n) is 1.39. The van der Waals surface area contributed by atoms with E-state index in [1.54, 1.807) is 4.90 Å². The van der Waals surface area contributed by atoms with Crippen LogP contribution in [0.4, 0.5) is 0 Å². The maximum Gasteiger partial charge on any atom is 0.165 e. The molecule has 1 saturated heterocycles. The van der Waals surface area contributed by atoms with Crippen LogP contribution in [0.5, 0.6) is 0 Å². The van der Waals surface area contributed by atoms with Crippen LogP contribution in [-0.2, 0) is 4.84 Å². The molecule has 0 aliphatic carbocycles. The molecule has 1 heterocycles. The number of nitrogens with zero attached hydrogens (tertiary/aromatic N) is 1. The highest BCUT2D eigenvalue weighted by Crippen LogP contribution is 1.67. The van der Waals surface area contributed by atoms with Crippen LogP contribution in [-0.4, -0.2) is 46.0 Å². The predicted octanol–water partition coefficient (Wildman–Crippen LogP) is -2.92. The highest BCUT2D eigenvalue weighted by Gasteiger charge is 2.14. The third-order valence-corrected chi connectivity index (χ3v) is 2.04. The summed E-state index contributed by atoms with van der Waals surface area (Å²) in [4.78, 5) is 6.44. The van der Waals surface area contributed by atoms with Gasteiger partial charge in [-0.3, -0.25) is 0 Å². The highest BCUT2D eigenvalue weighted by molar-refractivity contribution is 5.21. The molecule has 1 aliphatic heterocycles. The van der Waals surface area contributed by atoms with Gasteiger partial charge in [0.1, 0.15) is 32.7 Å². The molecule has 0 spiro atoms. The molecule has 4 nitrogen and oxygen atoms in total. The fourth-order valence-corrected chi connectivity index (χ4v) is 1.39. The third kappa shape index (κ3) is 3.34. The Kier molecular flexibility index (Phi) is 3.93. The lowest BCUT2D eigenvalue weighted by Gasteiger charge is -2.21. The molecule has 0 radical (unpaired) electrons. The lowest BCUT2D eigenvalue weighted by Crippen LogP contribution is -3.20. The van der Waals surface area contributed by atoms with Gasteiger partial charge in [-0.2, -0.15) is 0 Å². The van der Waals surface area contributed by atoms with E-state index in [1.807, 2.05) is 0 Å². The normalized spacial score (nSPS) is 19.6. The van der Waals surface area contributed by atoms with Crippen molar-refractivity contribution in [3.63, 3.8) is 0 Å². The van der Waals surface area contributed by atoms with Gasteiger partial charge < -0.3 is 15.1 Å². The number of rotatable bonds is 4. The topological polar surface area (TPSA) is 42.6 Å². The number of hydrogen-bond donors (Lipinski definition) is 2. The molecule has 0 unspecified atom stereocenters. The average molecular weight is 159 g/mol. The molecule has 1 aliphatic rings. The summed E-state index contributed by atoms with van der Waals surface area (Å²) < 4.78 is 0. The van der Waals surface area contributed by atoms with Gasteiger partial charge in [-0.15, -0.1) is 5.16 Å². The number of oxime groups is 1. The predicted molar refractivity (Wildman–Crippen MR) is 42.7 cm³/mol. The standard InChI is InChI=1S/C7H15N3O/c1-8-11-7-6-10-4-2-9-3-5-10/h9H,1-7H2/p+2. The van der Waals surface area contributed by atoms with E-state index in [1.165, 1.54) is 26.2 Å². The Bertz CT molecular complexity index is 112. The second-order valence-electron chi connectivity index (χ2n) is 2.83. The largest absolute Gasteiger partial charge is 0.390 e. The zero-order valence-electron chi connectivity index (χ0n) is 6.88. The minimum absolute atomic E-state index is 0.707. The first-order valence-electron chi connectivity index (χ1n) is 4.16. The quantitative estimate of drug-likeness (QED) is 0.258. The second-order valence-corrected chi connectivity index (χ2v) is 2.83. The van der Waals surface area contributed by atoms with Crippen molar-refractivity contribution in [2.45, 2.75) is 0 Å². The van der Waals surface area contributed by atoms with Crippen LogP contribution >= 0.6 is 0 Å². The average Bonchev–Trinajstić information content (AvgIpc) is 2.07. The zero-order valence-corrected chi connectivity index (χ0v) is 6.88. The molecule has 11 heavy (non-hydrogen) atoms. The van der Waals surface area contributed by atoms with Crippen LogP contribution in [0.3, 0.4) is 0 Å². The number of hydrogen-bond acceptors (Lipinski definition) is 2. The van der Waals surface area contributed by atoms with E-state index in [9.17, 15) is 0 Å². The van der Waals surface area contributed by atoms with Gasteiger partial charge in [-0.25, -0.2) is 0 Å². The minimum atomic E-state index is 0.707. The molecule has 0 aromatic carbocycles. The molecule has 64 valence electrons. The molecule has 0 bridgehead atoms. The van der Waals surface area contributed by atoms with E-state index in [-0.39, 0.29) is 0 Å². The first kappa shape index (κ1) is 8.49. The Morgan fingerprint density at radius 3 is 2.82 bits per heavy atom. The van der Waals surface area contributed by atoms with Gasteiger partial charge in [-0.05, 0) is 0 Å². The van der Waals surface area contributed by atoms with Crippen LogP contribution in [0.25, 0.3) is 0 Å². The van der Waals surface area contributed by atoms with E-state index in [2.05, 4.69) is 17.2 Å². The van der Waals surface area contributed by atoms with Crippen LogP contribution in [0.15, 0.2) is 5.16 Å². The van der Waals surface area contributed by atoms with Crippen molar-refractivity contribution >= 4 is 6.72 Å². The first-order valence-corrected chi connectivity index (χ1v) is 4.16. The maximum atomic E-state index is 4.82. The molecule has 0 saturated carbocycles. The van der Waals surface area contributed by atoms with Gasteiger partial charge in [0.25, 0.3) is 0 Å². The smallest absolute Gasteiger partial charge is 0.165 e. The van der Waals surface area contributed by atoms with Crippen LogP contribution in [0.1, 0.15) is 0 Å². The number of quaternary nitrogens is 2. The molecular formula is C7H17N3O+2. The van der Waals surface area contributed by atoms with Gasteiger partial charge in [0.15, 0.2) is 6.61 Å². The molecule has 0 aromatic heterocycles. The van der Waals surface area contributed by atoms with Crippen LogP contribution in [0, 0.1) is 0 Å². The molecular weight excluding hydrogens is 142 g/mol. The molecule has 1 rings (SSSR count). The van der Waals surface area contributed by atoms with Crippen molar-refractivity contribution in [1.82, 2.24) is 0 Å². The van der Waals surface area contributed by atoms with Gasteiger partial charge in [0.05, 0.1) is 0 Å². The Morgan fingerprint density at radius 2 is 2.18 bits per heavy atom. The fraction of sp³-hybridized carbons (Fsp3) is 0.857. The summed E-state index contributed by atoms with van der Waals surface area (Å²) in [5, 5.41) is 5.71. The summed E-state index contributed by atoms with van der Waals surface area (Å²) in [6.45, 7) is 10.0. The highest BCUT2D eigenvalue weighted by atomic mass is 16.6. The monoisotopic (exact) mass is 159 g/mol. The zero-order chi connectivity index (χ0) is 7.94. The van der Waals surface area contributed by atoms with E-state index >= 15 is 0 Å². The Morgan fingerprint density at radius 1 is 1.45 bits per heavy atom. The molecule has 4 heteroatoms. The van der Waals surface area contributed by atoms with E-state index < -0.39 is 0 Å². The van der Waals surface area contributed by atoms with Crippen molar-refractivity contribution in [3.05, 3.63) is 0 Å². The number of nitrogens with one attached hydrogen (secondary N) is 1. The van der Waals surface area contributed by atoms with Gasteiger partial charge in [0.2, 0.25) is 0 Å². The van der Waals surface area contributed by atoms with Crippen molar-refractivity contribution in [2.75, 3.05) is 39.3 Å². The lowest BCUT2D eigenvalue weighted by atomic mass is 10.4. The summed E-state index contributed by atoms with van der Waals surface area (Å²) in [5.41, 5.74) is 0. The Hall–Kier alpha value is -0.610. The molecule has 3 N–H and O–H groups in total. The van der Waals surface area contributed by atoms with Crippen LogP contribution < -0.4 is 10.2 Å². The Labute approximate surface area is 67.2 Å². The molecule has 0 aromatic rings. The van der Waals surface area contributed by atoms with Crippen molar-refractivity contribution < 1.29 is 15.1 Å². The number of piperazine rings is 1. The molecule has 0 amide bonds. The van der Waals surface area contributed by atoms with E-state index in [0.717, 1.165) is 6.54 Å². The maximum absolute atomic E-state index is 4.82. The summed E-state index contributed by atoms with van der Waals surface area (Å²) in [7, 11) is 0. The molecule has 1 fully saturated rings. The Balaban J connectivity index is 2.00. The third-order valence-electron chi connectivity index (χ3n) is 2.04. The van der Waals surface area contributed by atoms with Gasteiger partial charge in [-0.1, -0.05) is 0 Å². The van der Waals surface area contributed by atoms with Crippen molar-refractivity contribution in [3.8, 4) is 0 Å². The SMILES string of the molecule is C=NOCC[NH+]1CC[NH2+]CC1. The second kappa shape index (κ2) is 5.09. The van der Waals surface area contributed by atoms with Crippen LogP contribution in [0.2, 0.25) is 0 Å². The van der Waals surface area contributed by atoms with Crippen molar-refractivity contribution in [1.29, 1.82) is 0 Å². The lowest BCUT2D eigenvalue weighted by molar-refractivity contribution is -0.947. The minimum Gasteiger partial charge on any atom is -0.390 e. The van der Waals surface area contributed by atoms with E-state index in [0.29, 0.717) is 6.61 Å². The summed E-state index contributed by atoms with van der Waals surface area (Å²) in [6.07, 6.45) is 0.